The van der Waals surface area contributed by atoms with E-state index >= 15 is 0 Å². The summed E-state index contributed by atoms with van der Waals surface area (Å²) in [6.07, 6.45) is 10.5. The Hall–Kier alpha value is -1.56. The van der Waals surface area contributed by atoms with E-state index < -0.39 is 5.60 Å². The highest BCUT2D eigenvalue weighted by Gasteiger charge is 2.63. The van der Waals surface area contributed by atoms with Gasteiger partial charge in [-0.15, -0.1) is 0 Å². The smallest absolute Gasteiger partial charge is 0.131 e. The maximum atomic E-state index is 11.7. The number of hydrogen-bond acceptors (Lipinski definition) is 2. The summed E-state index contributed by atoms with van der Waals surface area (Å²) >= 11 is 0. The van der Waals surface area contributed by atoms with Crippen LogP contribution in [0.15, 0.2) is 42.0 Å². The van der Waals surface area contributed by atoms with Gasteiger partial charge >= 0.3 is 0 Å². The lowest BCUT2D eigenvalue weighted by molar-refractivity contribution is -0.0970. The molecule has 0 saturated heterocycles. The highest BCUT2D eigenvalue weighted by atomic mass is 16.3. The van der Waals surface area contributed by atoms with Crippen LogP contribution in [0, 0.1) is 40.4 Å². The summed E-state index contributed by atoms with van der Waals surface area (Å²) < 4.78 is 0. The summed E-state index contributed by atoms with van der Waals surface area (Å²) in [5.74, 6) is 8.49. The van der Waals surface area contributed by atoms with Crippen molar-refractivity contribution in [3.63, 3.8) is 0 Å². The molecule has 1 aromatic rings. The monoisotopic (exact) mass is 390 g/mol. The minimum Gasteiger partial charge on any atom is -0.393 e. The van der Waals surface area contributed by atoms with Gasteiger partial charge in [-0.3, -0.25) is 0 Å². The molecule has 0 amide bonds. The van der Waals surface area contributed by atoms with Crippen LogP contribution in [0.1, 0.15) is 70.8 Å². The van der Waals surface area contributed by atoms with Gasteiger partial charge in [-0.05, 0) is 86.7 Å². The van der Waals surface area contributed by atoms with E-state index in [0.29, 0.717) is 17.8 Å². The summed E-state index contributed by atoms with van der Waals surface area (Å²) in [6.45, 7) is 4.77. The van der Waals surface area contributed by atoms with Gasteiger partial charge in [0.25, 0.3) is 0 Å². The molecule has 154 valence electrons. The fourth-order valence-corrected chi connectivity index (χ4v) is 7.56. The lowest BCUT2D eigenvalue weighted by Gasteiger charge is -2.58. The average Bonchev–Trinajstić information content (AvgIpc) is 2.99. The van der Waals surface area contributed by atoms with Crippen molar-refractivity contribution in [1.29, 1.82) is 0 Å². The summed E-state index contributed by atoms with van der Waals surface area (Å²) in [4.78, 5) is 0. The van der Waals surface area contributed by atoms with E-state index in [2.05, 4.69) is 31.8 Å². The van der Waals surface area contributed by atoms with Crippen LogP contribution < -0.4 is 0 Å². The standard InChI is InChI=1S/C27H34O2/c1-25-14-11-21(28)18-20(25)8-9-22-23(25)12-15-26(2)24(22)13-17-27(26,29)16-10-19-6-4-3-5-7-19/h3-8,21-24,28-29H,9,11-15,17-18H2,1-2H3/t21-,22+,23+,24-,25-,26+,27+/m1/s1. The van der Waals surface area contributed by atoms with E-state index in [9.17, 15) is 10.2 Å². The van der Waals surface area contributed by atoms with Gasteiger partial charge in [0.2, 0.25) is 0 Å². The Labute approximate surface area is 175 Å². The lowest BCUT2D eigenvalue weighted by Crippen LogP contribution is -2.54. The van der Waals surface area contributed by atoms with Crippen LogP contribution >= 0.6 is 0 Å². The predicted octanol–water partition coefficient (Wildman–Crippen LogP) is 5.09. The Morgan fingerprint density at radius 3 is 2.52 bits per heavy atom. The van der Waals surface area contributed by atoms with Gasteiger partial charge in [-0.1, -0.05) is 55.5 Å². The molecular formula is C27H34O2. The van der Waals surface area contributed by atoms with Gasteiger partial charge in [0.05, 0.1) is 6.10 Å². The second-order valence-electron chi connectivity index (χ2n) is 10.6. The summed E-state index contributed by atoms with van der Waals surface area (Å²) in [5.41, 5.74) is 1.75. The van der Waals surface area contributed by atoms with Crippen LogP contribution in [0.3, 0.4) is 0 Å². The molecule has 0 bridgehead atoms. The number of aliphatic hydroxyl groups excluding tert-OH is 1. The van der Waals surface area contributed by atoms with Crippen molar-refractivity contribution in [2.24, 2.45) is 28.6 Å². The maximum Gasteiger partial charge on any atom is 0.131 e. The third kappa shape index (κ3) is 2.85. The minimum absolute atomic E-state index is 0.119. The molecule has 2 heteroatoms. The molecule has 4 aliphatic rings. The highest BCUT2D eigenvalue weighted by molar-refractivity contribution is 5.38. The number of benzene rings is 1. The van der Waals surface area contributed by atoms with Gasteiger partial charge < -0.3 is 10.2 Å². The van der Waals surface area contributed by atoms with Crippen molar-refractivity contribution < 1.29 is 10.2 Å². The predicted molar refractivity (Wildman–Crippen MR) is 116 cm³/mol. The molecule has 3 saturated carbocycles. The third-order valence-corrected chi connectivity index (χ3v) is 9.42. The Bertz CT molecular complexity index is 877. The van der Waals surface area contributed by atoms with Crippen molar-refractivity contribution in [2.75, 3.05) is 0 Å². The van der Waals surface area contributed by atoms with E-state index in [1.165, 1.54) is 12.0 Å². The first-order valence-electron chi connectivity index (χ1n) is 11.5. The molecule has 1 aromatic carbocycles. The minimum atomic E-state index is -0.883. The van der Waals surface area contributed by atoms with Crippen LogP contribution in [0.4, 0.5) is 0 Å². The zero-order chi connectivity index (χ0) is 20.3. The Balaban J connectivity index is 1.45. The fourth-order valence-electron chi connectivity index (χ4n) is 7.56. The SMILES string of the molecule is C[C@]12CC[C@H]3[C@H](CC=C4C[C@H](O)CC[C@]43C)[C@H]1CC[C@@]2(O)C#Cc1ccccc1. The lowest BCUT2D eigenvalue weighted by atomic mass is 9.47. The van der Waals surface area contributed by atoms with Crippen LogP contribution in [-0.4, -0.2) is 21.9 Å². The third-order valence-electron chi connectivity index (χ3n) is 9.42. The Morgan fingerprint density at radius 1 is 0.966 bits per heavy atom. The molecule has 4 aliphatic carbocycles. The van der Waals surface area contributed by atoms with E-state index in [1.54, 1.807) is 0 Å². The fraction of sp³-hybridized carbons (Fsp3) is 0.630. The second-order valence-corrected chi connectivity index (χ2v) is 10.6. The molecule has 0 aliphatic heterocycles. The van der Waals surface area contributed by atoms with Crippen LogP contribution in [-0.2, 0) is 0 Å². The van der Waals surface area contributed by atoms with Crippen molar-refractivity contribution >= 4 is 0 Å². The molecule has 5 rings (SSSR count). The van der Waals surface area contributed by atoms with Crippen molar-refractivity contribution in [2.45, 2.75) is 76.9 Å². The quantitative estimate of drug-likeness (QED) is 0.478. The van der Waals surface area contributed by atoms with Gasteiger partial charge in [0.15, 0.2) is 0 Å². The zero-order valence-electron chi connectivity index (χ0n) is 17.8. The van der Waals surface area contributed by atoms with E-state index in [4.69, 9.17) is 0 Å². The molecule has 3 fully saturated rings. The second kappa shape index (κ2) is 6.73. The zero-order valence-corrected chi connectivity index (χ0v) is 17.8. The topological polar surface area (TPSA) is 40.5 Å². The van der Waals surface area contributed by atoms with Gasteiger partial charge in [0, 0.05) is 11.0 Å². The normalized spacial score (nSPS) is 45.9. The van der Waals surface area contributed by atoms with Crippen molar-refractivity contribution in [1.82, 2.24) is 0 Å². The van der Waals surface area contributed by atoms with Crippen LogP contribution in [0.25, 0.3) is 0 Å². The van der Waals surface area contributed by atoms with Crippen LogP contribution in [0.5, 0.6) is 0 Å². The van der Waals surface area contributed by atoms with Gasteiger partial charge in [-0.25, -0.2) is 0 Å². The van der Waals surface area contributed by atoms with Crippen LogP contribution in [0.2, 0.25) is 0 Å². The summed E-state index contributed by atoms with van der Waals surface area (Å²) in [6, 6.07) is 10.1. The Morgan fingerprint density at radius 2 is 1.72 bits per heavy atom. The molecule has 0 unspecified atom stereocenters. The first-order chi connectivity index (χ1) is 13.9. The Kier molecular flexibility index (Phi) is 4.50. The number of aliphatic hydroxyl groups is 2. The molecule has 29 heavy (non-hydrogen) atoms. The molecule has 7 atom stereocenters. The maximum absolute atomic E-state index is 11.7. The summed E-state index contributed by atoms with van der Waals surface area (Å²) in [5, 5.41) is 21.9. The highest BCUT2D eigenvalue weighted by Crippen LogP contribution is 2.67. The van der Waals surface area contributed by atoms with Gasteiger partial charge in [0.1, 0.15) is 5.60 Å². The number of rotatable bonds is 0. The number of fused-ring (bicyclic) bond motifs is 5. The molecule has 2 N–H and O–H groups in total. The van der Waals surface area contributed by atoms with E-state index in [-0.39, 0.29) is 16.9 Å². The molecule has 2 nitrogen and oxygen atoms in total. The largest absolute Gasteiger partial charge is 0.393 e. The first-order valence-corrected chi connectivity index (χ1v) is 11.5. The summed E-state index contributed by atoms with van der Waals surface area (Å²) in [7, 11) is 0. The number of hydrogen-bond donors (Lipinski definition) is 2. The van der Waals surface area contributed by atoms with E-state index in [1.807, 2.05) is 30.3 Å². The molecule has 0 heterocycles. The molecule has 0 spiro atoms. The molecule has 0 radical (unpaired) electrons. The first kappa shape index (κ1) is 19.4. The van der Waals surface area contributed by atoms with E-state index in [0.717, 1.165) is 50.5 Å². The van der Waals surface area contributed by atoms with Crippen molar-refractivity contribution in [3.05, 3.63) is 47.5 Å². The average molecular weight is 391 g/mol. The number of allylic oxidation sites excluding steroid dienone is 1. The van der Waals surface area contributed by atoms with Gasteiger partial charge in [-0.2, -0.15) is 0 Å². The molecular weight excluding hydrogens is 356 g/mol. The van der Waals surface area contributed by atoms with Crippen molar-refractivity contribution in [3.8, 4) is 11.8 Å². The molecule has 0 aromatic heterocycles.